The lowest BCUT2D eigenvalue weighted by molar-refractivity contribution is -0.0104. The van der Waals surface area contributed by atoms with Crippen molar-refractivity contribution in [3.8, 4) is 0 Å². The second-order valence-electron chi connectivity index (χ2n) is 4.71. The number of aryl methyl sites for hydroxylation is 1. The fourth-order valence-corrected chi connectivity index (χ4v) is 1.78. The van der Waals surface area contributed by atoms with Gasteiger partial charge in [0.1, 0.15) is 6.10 Å². The van der Waals surface area contributed by atoms with Crippen molar-refractivity contribution in [1.29, 1.82) is 0 Å². The summed E-state index contributed by atoms with van der Waals surface area (Å²) in [5.41, 5.74) is -0.491. The van der Waals surface area contributed by atoms with Crippen molar-refractivity contribution in [1.82, 2.24) is 14.9 Å². The lowest BCUT2D eigenvalue weighted by atomic mass is 10.3. The summed E-state index contributed by atoms with van der Waals surface area (Å²) >= 11 is 0. The van der Waals surface area contributed by atoms with Gasteiger partial charge in [0.15, 0.2) is 6.23 Å². The third kappa shape index (κ3) is 4.96. The molecular formula is C14H23N3O4. The Morgan fingerprint density at radius 3 is 2.62 bits per heavy atom. The number of nitrogens with one attached hydrogen (secondary N) is 2. The number of aliphatic hydroxyl groups is 1. The minimum atomic E-state index is -0.569. The van der Waals surface area contributed by atoms with Crippen LogP contribution in [0.3, 0.4) is 0 Å². The molecule has 3 N–H and O–H groups in total. The van der Waals surface area contributed by atoms with Gasteiger partial charge >= 0.3 is 5.69 Å². The molecule has 0 fully saturated rings. The molecule has 1 aromatic rings. The van der Waals surface area contributed by atoms with E-state index in [0.717, 1.165) is 6.54 Å². The molecule has 7 nitrogen and oxygen atoms in total. The van der Waals surface area contributed by atoms with E-state index in [9.17, 15) is 9.59 Å². The van der Waals surface area contributed by atoms with Gasteiger partial charge in [0.25, 0.3) is 5.56 Å². The molecule has 0 amide bonds. The van der Waals surface area contributed by atoms with Crippen LogP contribution in [-0.4, -0.2) is 41.0 Å². The molecule has 21 heavy (non-hydrogen) atoms. The van der Waals surface area contributed by atoms with Gasteiger partial charge in [-0.15, -0.1) is 0 Å². The monoisotopic (exact) mass is 297 g/mol. The van der Waals surface area contributed by atoms with Crippen LogP contribution in [0, 0.1) is 6.92 Å². The van der Waals surface area contributed by atoms with Crippen LogP contribution in [0.15, 0.2) is 27.9 Å². The summed E-state index contributed by atoms with van der Waals surface area (Å²) in [5.74, 6) is 0. The number of H-pyrrole nitrogens is 1. The number of hydrogen-bond acceptors (Lipinski definition) is 5. The Hall–Kier alpha value is -1.70. The number of hydrogen-bond donors (Lipinski definition) is 3. The number of rotatable bonds is 4. The Morgan fingerprint density at radius 2 is 2.14 bits per heavy atom. The number of aliphatic hydroxyl groups excluding tert-OH is 1. The summed E-state index contributed by atoms with van der Waals surface area (Å²) in [4.78, 5) is 24.9. The Kier molecular flexibility index (Phi) is 7.07. The molecule has 1 aromatic heterocycles. The summed E-state index contributed by atoms with van der Waals surface area (Å²) in [6, 6.07) is 0. The van der Waals surface area contributed by atoms with Crippen LogP contribution in [0.5, 0.6) is 0 Å². The maximum atomic E-state index is 11.5. The molecule has 0 spiro atoms. The molecule has 7 heteroatoms. The maximum Gasteiger partial charge on any atom is 0.330 e. The Balaban J connectivity index is 0.000000383. The molecule has 0 aromatic carbocycles. The lowest BCUT2D eigenvalue weighted by Crippen LogP contribution is -2.33. The van der Waals surface area contributed by atoms with E-state index in [2.05, 4.69) is 17.2 Å². The van der Waals surface area contributed by atoms with Crippen molar-refractivity contribution >= 4 is 0 Å². The first-order valence-corrected chi connectivity index (χ1v) is 6.94. The molecule has 0 saturated heterocycles. The van der Waals surface area contributed by atoms with Crippen molar-refractivity contribution in [2.24, 2.45) is 0 Å². The summed E-state index contributed by atoms with van der Waals surface area (Å²) in [6.45, 7) is 4.76. The summed E-state index contributed by atoms with van der Waals surface area (Å²) in [7, 11) is 1.96. The minimum absolute atomic E-state index is 0.135. The highest BCUT2D eigenvalue weighted by Crippen LogP contribution is 2.18. The highest BCUT2D eigenvalue weighted by Gasteiger charge is 2.20. The SMILES string of the molecule is CCCNC.Cc1cn(C2C=CC(CO)O2)c(=O)[nH]c1=O. The van der Waals surface area contributed by atoms with E-state index >= 15 is 0 Å². The van der Waals surface area contributed by atoms with Crippen molar-refractivity contribution in [2.45, 2.75) is 32.6 Å². The molecule has 118 valence electrons. The molecule has 2 atom stereocenters. The van der Waals surface area contributed by atoms with Gasteiger partial charge in [-0.1, -0.05) is 13.0 Å². The Bertz CT molecular complexity index is 574. The van der Waals surface area contributed by atoms with E-state index in [4.69, 9.17) is 9.84 Å². The van der Waals surface area contributed by atoms with E-state index in [1.165, 1.54) is 17.2 Å². The van der Waals surface area contributed by atoms with Crippen LogP contribution in [-0.2, 0) is 4.74 Å². The molecular weight excluding hydrogens is 274 g/mol. The summed E-state index contributed by atoms with van der Waals surface area (Å²) in [6.07, 6.45) is 5.05. The van der Waals surface area contributed by atoms with Gasteiger partial charge in [-0.3, -0.25) is 14.3 Å². The smallest absolute Gasteiger partial charge is 0.330 e. The first kappa shape index (κ1) is 17.4. The van der Waals surface area contributed by atoms with Crippen LogP contribution in [0.25, 0.3) is 0 Å². The Labute approximate surface area is 123 Å². The van der Waals surface area contributed by atoms with Gasteiger partial charge < -0.3 is 15.2 Å². The van der Waals surface area contributed by atoms with Gasteiger partial charge in [0, 0.05) is 11.8 Å². The number of aromatic amines is 1. The molecule has 2 rings (SSSR count). The second-order valence-corrected chi connectivity index (χ2v) is 4.71. The predicted octanol–water partition coefficient (Wildman–Crippen LogP) is -0.0933. The first-order valence-electron chi connectivity index (χ1n) is 6.94. The molecule has 0 radical (unpaired) electrons. The Morgan fingerprint density at radius 1 is 1.43 bits per heavy atom. The van der Waals surface area contributed by atoms with Gasteiger partial charge in [-0.2, -0.15) is 0 Å². The zero-order valence-electron chi connectivity index (χ0n) is 12.6. The molecule has 0 aliphatic carbocycles. The normalized spacial score (nSPS) is 20.2. The van der Waals surface area contributed by atoms with Gasteiger partial charge in [0.2, 0.25) is 0 Å². The largest absolute Gasteiger partial charge is 0.393 e. The fourth-order valence-electron chi connectivity index (χ4n) is 1.78. The number of nitrogens with zero attached hydrogens (tertiary/aromatic N) is 1. The lowest BCUT2D eigenvalue weighted by Gasteiger charge is -2.14. The highest BCUT2D eigenvalue weighted by atomic mass is 16.5. The number of aromatic nitrogens is 2. The van der Waals surface area contributed by atoms with Crippen molar-refractivity contribution in [3.05, 3.63) is 44.8 Å². The van der Waals surface area contributed by atoms with Gasteiger partial charge in [0.05, 0.1) is 6.61 Å². The number of ether oxygens (including phenoxy) is 1. The van der Waals surface area contributed by atoms with Gasteiger partial charge in [-0.05, 0) is 33.0 Å². The first-order chi connectivity index (χ1) is 10.0. The highest BCUT2D eigenvalue weighted by molar-refractivity contribution is 5.06. The van der Waals surface area contributed by atoms with Crippen LogP contribution in [0.4, 0.5) is 0 Å². The summed E-state index contributed by atoms with van der Waals surface area (Å²) < 4.78 is 6.63. The zero-order valence-corrected chi connectivity index (χ0v) is 12.6. The third-order valence-corrected chi connectivity index (χ3v) is 2.90. The molecule has 2 unspecified atom stereocenters. The van der Waals surface area contributed by atoms with E-state index in [1.54, 1.807) is 19.1 Å². The van der Waals surface area contributed by atoms with E-state index < -0.39 is 23.6 Å². The van der Waals surface area contributed by atoms with E-state index in [0.29, 0.717) is 5.56 Å². The van der Waals surface area contributed by atoms with Crippen LogP contribution in [0.2, 0.25) is 0 Å². The quantitative estimate of drug-likeness (QED) is 0.675. The summed E-state index contributed by atoms with van der Waals surface area (Å²) in [5, 5.41) is 11.9. The minimum Gasteiger partial charge on any atom is -0.393 e. The topological polar surface area (TPSA) is 96.3 Å². The molecule has 2 heterocycles. The zero-order chi connectivity index (χ0) is 15.8. The van der Waals surface area contributed by atoms with Crippen LogP contribution >= 0.6 is 0 Å². The van der Waals surface area contributed by atoms with Crippen molar-refractivity contribution < 1.29 is 9.84 Å². The molecule has 0 saturated carbocycles. The average Bonchev–Trinajstić information content (AvgIpc) is 2.93. The maximum absolute atomic E-state index is 11.5. The second kappa shape index (κ2) is 8.56. The van der Waals surface area contributed by atoms with E-state index in [-0.39, 0.29) is 6.61 Å². The van der Waals surface area contributed by atoms with Crippen molar-refractivity contribution in [3.63, 3.8) is 0 Å². The molecule has 0 bridgehead atoms. The third-order valence-electron chi connectivity index (χ3n) is 2.90. The average molecular weight is 297 g/mol. The van der Waals surface area contributed by atoms with Crippen molar-refractivity contribution in [2.75, 3.05) is 20.2 Å². The standard InChI is InChI=1S/C10H12N2O4.C4H11N/c1-6-4-12(10(15)11-9(6)14)8-3-2-7(5-13)16-8;1-3-4-5-2/h2-4,7-8,13H,5H2,1H3,(H,11,14,15);5H,3-4H2,1-2H3. The molecule has 1 aliphatic heterocycles. The van der Waals surface area contributed by atoms with Crippen LogP contribution in [0.1, 0.15) is 25.1 Å². The van der Waals surface area contributed by atoms with E-state index in [1.807, 2.05) is 7.05 Å². The van der Waals surface area contributed by atoms with Crippen LogP contribution < -0.4 is 16.6 Å². The van der Waals surface area contributed by atoms with Gasteiger partial charge in [-0.25, -0.2) is 4.79 Å². The fraction of sp³-hybridized carbons (Fsp3) is 0.571. The predicted molar refractivity (Wildman–Crippen MR) is 80.4 cm³/mol. The molecule has 1 aliphatic rings.